The molecule has 23 heavy (non-hydrogen) atoms. The Hall–Kier alpha value is -1.94. The molecule has 1 aliphatic rings. The van der Waals surface area contributed by atoms with E-state index < -0.39 is 0 Å². The van der Waals surface area contributed by atoms with Gasteiger partial charge in [0.15, 0.2) is 0 Å². The molecular weight excluding hydrogens is 304 g/mol. The van der Waals surface area contributed by atoms with E-state index in [9.17, 15) is 4.79 Å². The molecule has 0 radical (unpaired) electrons. The number of benzene rings is 2. The van der Waals surface area contributed by atoms with Crippen LogP contribution in [0.5, 0.6) is 0 Å². The summed E-state index contributed by atoms with van der Waals surface area (Å²) in [6, 6.07) is 16.7. The molecule has 1 unspecified atom stereocenters. The molecule has 0 fully saturated rings. The van der Waals surface area contributed by atoms with Crippen molar-refractivity contribution >= 4 is 23.4 Å². The predicted molar refractivity (Wildman–Crippen MR) is 97.0 cm³/mol. The Morgan fingerprint density at radius 1 is 1.09 bits per heavy atom. The van der Waals surface area contributed by atoms with Gasteiger partial charge in [0.1, 0.15) is 0 Å². The van der Waals surface area contributed by atoms with Crippen molar-refractivity contribution in [2.75, 3.05) is 26.0 Å². The van der Waals surface area contributed by atoms with E-state index in [2.05, 4.69) is 41.3 Å². The van der Waals surface area contributed by atoms with E-state index in [0.717, 1.165) is 12.0 Å². The minimum Gasteiger partial charge on any atom is -0.378 e. The lowest BCUT2D eigenvalue weighted by Gasteiger charge is -2.21. The Labute approximate surface area is 142 Å². The van der Waals surface area contributed by atoms with Gasteiger partial charge in [-0.05, 0) is 35.7 Å². The van der Waals surface area contributed by atoms with Crippen LogP contribution >= 0.6 is 11.8 Å². The molecule has 0 bridgehead atoms. The number of thioether (sulfide) groups is 1. The molecule has 2 aromatic rings. The highest BCUT2D eigenvalue weighted by Crippen LogP contribution is 2.37. The first-order chi connectivity index (χ1) is 11.0. The molecule has 0 N–H and O–H groups in total. The van der Waals surface area contributed by atoms with Gasteiger partial charge in [-0.2, -0.15) is 0 Å². The van der Waals surface area contributed by atoms with Crippen molar-refractivity contribution < 1.29 is 4.79 Å². The first-order valence-electron chi connectivity index (χ1n) is 7.80. The maximum Gasteiger partial charge on any atom is 0.236 e. The molecular formula is C19H22N2OS. The second-order valence-electron chi connectivity index (χ2n) is 6.17. The lowest BCUT2D eigenvalue weighted by Crippen LogP contribution is -2.34. The van der Waals surface area contributed by atoms with Crippen molar-refractivity contribution in [1.82, 2.24) is 4.90 Å². The van der Waals surface area contributed by atoms with Gasteiger partial charge in [-0.1, -0.05) is 30.3 Å². The van der Waals surface area contributed by atoms with Crippen molar-refractivity contribution in [3.8, 4) is 0 Å². The number of amides is 1. The van der Waals surface area contributed by atoms with Crippen molar-refractivity contribution in [3.63, 3.8) is 0 Å². The highest BCUT2D eigenvalue weighted by atomic mass is 32.2. The maximum absolute atomic E-state index is 12.7. The largest absolute Gasteiger partial charge is 0.378 e. The Morgan fingerprint density at radius 2 is 1.78 bits per heavy atom. The first kappa shape index (κ1) is 15.9. The van der Waals surface area contributed by atoms with Gasteiger partial charge in [0.05, 0.1) is 5.25 Å². The zero-order valence-corrected chi connectivity index (χ0v) is 14.6. The van der Waals surface area contributed by atoms with Crippen LogP contribution in [0, 0.1) is 0 Å². The summed E-state index contributed by atoms with van der Waals surface area (Å²) in [4.78, 5) is 17.9. The maximum atomic E-state index is 12.7. The standard InChI is InChI=1S/C19H22N2OS/c1-20(2)16-10-8-14(9-11-16)13-21(3)19(22)18-12-15-6-4-5-7-17(15)23-18/h4-11,18H,12-13H2,1-3H3. The number of anilines is 1. The van der Waals surface area contributed by atoms with Crippen molar-refractivity contribution in [2.24, 2.45) is 0 Å². The SMILES string of the molecule is CN(Cc1ccc(N(C)C)cc1)C(=O)C1Cc2ccccc2S1. The van der Waals surface area contributed by atoms with Gasteiger partial charge >= 0.3 is 0 Å². The molecule has 1 aliphatic heterocycles. The van der Waals surface area contributed by atoms with Crippen LogP contribution < -0.4 is 4.90 Å². The Morgan fingerprint density at radius 3 is 2.43 bits per heavy atom. The average molecular weight is 326 g/mol. The summed E-state index contributed by atoms with van der Waals surface area (Å²) in [5, 5.41) is 0.0125. The normalized spacial score (nSPS) is 16.0. The van der Waals surface area contributed by atoms with Crippen LogP contribution in [0.25, 0.3) is 0 Å². The van der Waals surface area contributed by atoms with E-state index in [0.29, 0.717) is 6.54 Å². The lowest BCUT2D eigenvalue weighted by atomic mass is 10.1. The van der Waals surface area contributed by atoms with E-state index in [1.54, 1.807) is 11.8 Å². The van der Waals surface area contributed by atoms with E-state index >= 15 is 0 Å². The van der Waals surface area contributed by atoms with E-state index in [1.807, 2.05) is 38.2 Å². The number of hydrogen-bond acceptors (Lipinski definition) is 3. The molecule has 3 nitrogen and oxygen atoms in total. The zero-order chi connectivity index (χ0) is 16.4. The Kier molecular flexibility index (Phi) is 4.62. The third kappa shape index (κ3) is 3.53. The van der Waals surface area contributed by atoms with Gasteiger partial charge in [0.2, 0.25) is 5.91 Å². The van der Waals surface area contributed by atoms with Gasteiger partial charge in [-0.3, -0.25) is 4.79 Å². The second kappa shape index (κ2) is 6.67. The number of hydrogen-bond donors (Lipinski definition) is 0. The van der Waals surface area contributed by atoms with Gasteiger partial charge in [0, 0.05) is 38.3 Å². The van der Waals surface area contributed by atoms with Crippen molar-refractivity contribution in [3.05, 3.63) is 59.7 Å². The number of rotatable bonds is 4. The number of carbonyl (C=O) groups excluding carboxylic acids is 1. The predicted octanol–water partition coefficient (Wildman–Crippen LogP) is 3.43. The van der Waals surface area contributed by atoms with E-state index in [-0.39, 0.29) is 11.2 Å². The molecule has 0 aromatic heterocycles. The summed E-state index contributed by atoms with van der Waals surface area (Å²) >= 11 is 1.69. The fraction of sp³-hybridized carbons (Fsp3) is 0.316. The van der Waals surface area contributed by atoms with Crippen LogP contribution in [0.2, 0.25) is 0 Å². The molecule has 2 aromatic carbocycles. The second-order valence-corrected chi connectivity index (χ2v) is 7.42. The van der Waals surface area contributed by atoms with Crippen LogP contribution in [-0.4, -0.2) is 37.2 Å². The Balaban J connectivity index is 1.62. The molecule has 1 atom stereocenters. The summed E-state index contributed by atoms with van der Waals surface area (Å²) in [5.41, 5.74) is 3.62. The molecule has 1 amide bonds. The molecule has 0 saturated heterocycles. The molecule has 0 spiro atoms. The van der Waals surface area contributed by atoms with E-state index in [4.69, 9.17) is 0 Å². The molecule has 4 heteroatoms. The molecule has 0 saturated carbocycles. The summed E-state index contributed by atoms with van der Waals surface area (Å²) in [6.45, 7) is 0.653. The van der Waals surface area contributed by atoms with Gasteiger partial charge in [-0.15, -0.1) is 11.8 Å². The first-order valence-corrected chi connectivity index (χ1v) is 8.68. The van der Waals surface area contributed by atoms with Crippen LogP contribution in [0.1, 0.15) is 11.1 Å². The fourth-order valence-electron chi connectivity index (χ4n) is 2.82. The zero-order valence-electron chi connectivity index (χ0n) is 13.8. The van der Waals surface area contributed by atoms with Crippen molar-refractivity contribution in [2.45, 2.75) is 23.1 Å². The third-order valence-electron chi connectivity index (χ3n) is 4.17. The summed E-state index contributed by atoms with van der Waals surface area (Å²) in [6.07, 6.45) is 0.837. The molecule has 120 valence electrons. The van der Waals surface area contributed by atoms with Crippen LogP contribution in [0.4, 0.5) is 5.69 Å². The van der Waals surface area contributed by atoms with Gasteiger partial charge in [-0.25, -0.2) is 0 Å². The van der Waals surface area contributed by atoms with Crippen LogP contribution in [0.3, 0.4) is 0 Å². The molecule has 3 rings (SSSR count). The highest BCUT2D eigenvalue weighted by Gasteiger charge is 2.29. The smallest absolute Gasteiger partial charge is 0.236 e. The van der Waals surface area contributed by atoms with E-state index in [1.165, 1.54) is 16.1 Å². The Bertz CT molecular complexity index is 672. The molecule has 1 heterocycles. The quantitative estimate of drug-likeness (QED) is 0.860. The third-order valence-corrected chi connectivity index (χ3v) is 5.48. The van der Waals surface area contributed by atoms with Gasteiger partial charge < -0.3 is 9.80 Å². The highest BCUT2D eigenvalue weighted by molar-refractivity contribution is 8.01. The van der Waals surface area contributed by atoms with Crippen LogP contribution in [-0.2, 0) is 17.8 Å². The molecule has 0 aliphatic carbocycles. The minimum absolute atomic E-state index is 0.0125. The number of nitrogens with zero attached hydrogens (tertiary/aromatic N) is 2. The number of fused-ring (bicyclic) bond motifs is 1. The average Bonchev–Trinajstić information content (AvgIpc) is 2.98. The van der Waals surface area contributed by atoms with Gasteiger partial charge in [0.25, 0.3) is 0 Å². The van der Waals surface area contributed by atoms with Crippen LogP contribution in [0.15, 0.2) is 53.4 Å². The minimum atomic E-state index is 0.0125. The monoisotopic (exact) mass is 326 g/mol. The van der Waals surface area contributed by atoms with Crippen molar-refractivity contribution in [1.29, 1.82) is 0 Å². The lowest BCUT2D eigenvalue weighted by molar-refractivity contribution is -0.129. The summed E-state index contributed by atoms with van der Waals surface area (Å²) in [7, 11) is 5.95. The topological polar surface area (TPSA) is 23.6 Å². The fourth-order valence-corrected chi connectivity index (χ4v) is 4.13. The number of carbonyl (C=O) groups is 1. The summed E-state index contributed by atoms with van der Waals surface area (Å²) in [5.74, 6) is 0.211. The summed E-state index contributed by atoms with van der Waals surface area (Å²) < 4.78 is 0.